The first-order valence-corrected chi connectivity index (χ1v) is 7.34. The Balaban J connectivity index is 2.31. The van der Waals surface area contributed by atoms with Crippen LogP contribution in [-0.4, -0.2) is 9.97 Å². The van der Waals surface area contributed by atoms with Crippen molar-refractivity contribution in [3.63, 3.8) is 0 Å². The van der Waals surface area contributed by atoms with Gasteiger partial charge in [-0.3, -0.25) is 9.78 Å². The van der Waals surface area contributed by atoms with Crippen LogP contribution in [0.3, 0.4) is 0 Å². The zero-order valence-corrected chi connectivity index (χ0v) is 12.3. The lowest BCUT2D eigenvalue weighted by Crippen LogP contribution is -2.10. The number of aromatic amines is 1. The minimum absolute atomic E-state index is 0.0518. The van der Waals surface area contributed by atoms with Gasteiger partial charge in [-0.25, -0.2) is 0 Å². The molecule has 21 heavy (non-hydrogen) atoms. The first-order valence-electron chi connectivity index (χ1n) is 7.34. The lowest BCUT2D eigenvalue weighted by atomic mass is 10.0. The quantitative estimate of drug-likeness (QED) is 0.793. The minimum atomic E-state index is -0.0518. The topological polar surface area (TPSA) is 45.8 Å². The molecule has 2 aromatic heterocycles. The van der Waals surface area contributed by atoms with Crippen molar-refractivity contribution >= 4 is 10.9 Å². The summed E-state index contributed by atoms with van der Waals surface area (Å²) >= 11 is 0. The van der Waals surface area contributed by atoms with E-state index in [1.807, 2.05) is 42.5 Å². The lowest BCUT2D eigenvalue weighted by molar-refractivity contribution is 0.968. The maximum Gasteiger partial charge on any atom is 0.256 e. The van der Waals surface area contributed by atoms with Gasteiger partial charge in [-0.05, 0) is 30.5 Å². The summed E-state index contributed by atoms with van der Waals surface area (Å²) in [7, 11) is 0. The van der Waals surface area contributed by atoms with E-state index in [1.54, 1.807) is 0 Å². The van der Waals surface area contributed by atoms with Gasteiger partial charge in [-0.15, -0.1) is 0 Å². The Kier molecular flexibility index (Phi) is 3.57. The highest BCUT2D eigenvalue weighted by Gasteiger charge is 2.09. The molecule has 0 aliphatic carbocycles. The number of hydrogen-bond donors (Lipinski definition) is 1. The van der Waals surface area contributed by atoms with Crippen LogP contribution in [0.5, 0.6) is 0 Å². The number of pyridine rings is 2. The summed E-state index contributed by atoms with van der Waals surface area (Å²) in [4.78, 5) is 20.0. The Labute approximate surface area is 123 Å². The number of H-pyrrole nitrogens is 1. The van der Waals surface area contributed by atoms with Gasteiger partial charge in [-0.1, -0.05) is 44.2 Å². The number of rotatable bonds is 3. The van der Waals surface area contributed by atoms with E-state index in [9.17, 15) is 4.79 Å². The summed E-state index contributed by atoms with van der Waals surface area (Å²) in [6.45, 7) is 4.17. The van der Waals surface area contributed by atoms with Crippen LogP contribution in [0.2, 0.25) is 0 Å². The van der Waals surface area contributed by atoms with Gasteiger partial charge >= 0.3 is 0 Å². The number of hydrogen-bond acceptors (Lipinski definition) is 2. The molecule has 0 fully saturated rings. The first-order chi connectivity index (χ1) is 10.2. The number of benzene rings is 1. The van der Waals surface area contributed by atoms with Crippen molar-refractivity contribution in [3.05, 3.63) is 64.2 Å². The highest BCUT2D eigenvalue weighted by molar-refractivity contribution is 5.85. The van der Waals surface area contributed by atoms with Crippen LogP contribution in [0, 0.1) is 0 Å². The second-order valence-electron chi connectivity index (χ2n) is 5.11. The highest BCUT2D eigenvalue weighted by atomic mass is 16.1. The number of aromatic nitrogens is 2. The fourth-order valence-corrected chi connectivity index (χ4v) is 2.61. The first kappa shape index (κ1) is 13.6. The van der Waals surface area contributed by atoms with Crippen molar-refractivity contribution < 1.29 is 0 Å². The van der Waals surface area contributed by atoms with Gasteiger partial charge in [0.2, 0.25) is 0 Å². The average molecular weight is 278 g/mol. The summed E-state index contributed by atoms with van der Waals surface area (Å²) in [6, 6.07) is 13.7. The SMILES string of the molecule is CCc1cc2[nH]c(=O)c(-c3ccccc3)cc2c(CC)n1. The summed E-state index contributed by atoms with van der Waals surface area (Å²) in [5, 5.41) is 1.04. The Morgan fingerprint density at radius 1 is 1.05 bits per heavy atom. The van der Waals surface area contributed by atoms with Crippen LogP contribution in [0.1, 0.15) is 25.2 Å². The Hall–Kier alpha value is -2.42. The van der Waals surface area contributed by atoms with E-state index in [-0.39, 0.29) is 5.56 Å². The monoisotopic (exact) mass is 278 g/mol. The summed E-state index contributed by atoms with van der Waals surface area (Å²) < 4.78 is 0. The molecular weight excluding hydrogens is 260 g/mol. The molecule has 3 aromatic rings. The minimum Gasteiger partial charge on any atom is -0.321 e. The molecule has 0 radical (unpaired) electrons. The van der Waals surface area contributed by atoms with E-state index in [1.165, 1.54) is 0 Å². The predicted molar refractivity (Wildman–Crippen MR) is 86.6 cm³/mol. The van der Waals surface area contributed by atoms with E-state index < -0.39 is 0 Å². The largest absolute Gasteiger partial charge is 0.321 e. The molecule has 106 valence electrons. The second-order valence-corrected chi connectivity index (χ2v) is 5.11. The number of fused-ring (bicyclic) bond motifs is 1. The number of nitrogens with zero attached hydrogens (tertiary/aromatic N) is 1. The fourth-order valence-electron chi connectivity index (χ4n) is 2.61. The third-order valence-electron chi connectivity index (χ3n) is 3.75. The maximum absolute atomic E-state index is 12.4. The lowest BCUT2D eigenvalue weighted by Gasteiger charge is -2.09. The smallest absolute Gasteiger partial charge is 0.256 e. The van der Waals surface area contributed by atoms with Gasteiger partial charge in [0.05, 0.1) is 5.52 Å². The molecule has 0 atom stereocenters. The van der Waals surface area contributed by atoms with E-state index in [2.05, 4.69) is 23.8 Å². The summed E-state index contributed by atoms with van der Waals surface area (Å²) in [5.41, 5.74) is 4.51. The molecule has 0 saturated heterocycles. The van der Waals surface area contributed by atoms with E-state index in [4.69, 9.17) is 0 Å². The van der Waals surface area contributed by atoms with Gasteiger partial charge in [0.25, 0.3) is 5.56 Å². The van der Waals surface area contributed by atoms with Crippen molar-refractivity contribution in [1.29, 1.82) is 0 Å². The molecule has 1 N–H and O–H groups in total. The van der Waals surface area contributed by atoms with E-state index >= 15 is 0 Å². The van der Waals surface area contributed by atoms with Gasteiger partial charge in [0.15, 0.2) is 0 Å². The molecule has 3 rings (SSSR count). The molecule has 0 spiro atoms. The van der Waals surface area contributed by atoms with Crippen LogP contribution in [-0.2, 0) is 12.8 Å². The third kappa shape index (κ3) is 2.47. The van der Waals surface area contributed by atoms with Gasteiger partial charge < -0.3 is 4.98 Å². The third-order valence-corrected chi connectivity index (χ3v) is 3.75. The van der Waals surface area contributed by atoms with E-state index in [0.717, 1.165) is 40.7 Å². The normalized spacial score (nSPS) is 11.0. The number of aryl methyl sites for hydroxylation is 2. The maximum atomic E-state index is 12.4. The van der Waals surface area contributed by atoms with Crippen LogP contribution < -0.4 is 5.56 Å². The summed E-state index contributed by atoms with van der Waals surface area (Å²) in [5.74, 6) is 0. The van der Waals surface area contributed by atoms with Gasteiger partial charge in [0, 0.05) is 22.3 Å². The second kappa shape index (κ2) is 5.52. The van der Waals surface area contributed by atoms with Crippen LogP contribution in [0.15, 0.2) is 47.3 Å². The molecular formula is C18H18N2O. The zero-order chi connectivity index (χ0) is 14.8. The molecule has 0 aliphatic heterocycles. The zero-order valence-electron chi connectivity index (χ0n) is 12.3. The van der Waals surface area contributed by atoms with Crippen LogP contribution in [0.25, 0.3) is 22.0 Å². The van der Waals surface area contributed by atoms with Crippen molar-refractivity contribution in [2.45, 2.75) is 26.7 Å². The molecule has 0 bridgehead atoms. The van der Waals surface area contributed by atoms with Gasteiger partial charge in [0.1, 0.15) is 0 Å². The average Bonchev–Trinajstić information content (AvgIpc) is 2.53. The standard InChI is InChI=1S/C18H18N2O/c1-3-13-10-17-15(16(4-2)19-13)11-14(18(21)20-17)12-8-6-5-7-9-12/h5-11H,3-4H2,1-2H3,(H,20,21). The van der Waals surface area contributed by atoms with E-state index in [0.29, 0.717) is 5.56 Å². The predicted octanol–water partition coefficient (Wildman–Crippen LogP) is 3.71. The highest BCUT2D eigenvalue weighted by Crippen LogP contribution is 2.22. The van der Waals surface area contributed by atoms with Crippen LogP contribution in [0.4, 0.5) is 0 Å². The molecule has 0 amide bonds. The molecule has 0 aliphatic rings. The van der Waals surface area contributed by atoms with Crippen LogP contribution >= 0.6 is 0 Å². The van der Waals surface area contributed by atoms with Crippen molar-refractivity contribution in [3.8, 4) is 11.1 Å². The molecule has 3 nitrogen and oxygen atoms in total. The molecule has 0 saturated carbocycles. The molecule has 3 heteroatoms. The number of nitrogens with one attached hydrogen (secondary N) is 1. The van der Waals surface area contributed by atoms with Gasteiger partial charge in [-0.2, -0.15) is 0 Å². The molecule has 0 unspecified atom stereocenters. The molecule has 2 heterocycles. The fraction of sp³-hybridized carbons (Fsp3) is 0.222. The summed E-state index contributed by atoms with van der Waals surface area (Å²) in [6.07, 6.45) is 1.72. The Bertz CT molecular complexity index is 835. The molecule has 1 aromatic carbocycles. The van der Waals surface area contributed by atoms with Crippen molar-refractivity contribution in [2.24, 2.45) is 0 Å². The Morgan fingerprint density at radius 3 is 2.48 bits per heavy atom. The Morgan fingerprint density at radius 2 is 1.81 bits per heavy atom. The van der Waals surface area contributed by atoms with Crippen molar-refractivity contribution in [2.75, 3.05) is 0 Å². The van der Waals surface area contributed by atoms with Crippen molar-refractivity contribution in [1.82, 2.24) is 9.97 Å².